The lowest BCUT2D eigenvalue weighted by Gasteiger charge is -2.24. The number of halogens is 1. The maximum absolute atomic E-state index is 14.2. The Hall–Kier alpha value is -0.640. The fourth-order valence-corrected chi connectivity index (χ4v) is 2.04. The molecule has 4 heteroatoms. The molecule has 0 spiro atoms. The second-order valence-electron chi connectivity index (χ2n) is 4.40. The third-order valence-electron chi connectivity index (χ3n) is 3.23. The van der Waals surface area contributed by atoms with Crippen LogP contribution in [-0.4, -0.2) is 30.8 Å². The number of carbonyl (C=O) groups excluding carboxylic acids is 1. The summed E-state index contributed by atoms with van der Waals surface area (Å²) < 4.78 is 19.0. The minimum absolute atomic E-state index is 0.0764. The minimum Gasteiger partial charge on any atom is -0.464 e. The largest absolute Gasteiger partial charge is 0.464 e. The monoisotopic (exact) mass is 231 g/mol. The first-order chi connectivity index (χ1) is 7.62. The molecule has 0 amide bonds. The van der Waals surface area contributed by atoms with Gasteiger partial charge in [0.1, 0.15) is 0 Å². The summed E-state index contributed by atoms with van der Waals surface area (Å²) in [6.45, 7) is 3.67. The maximum atomic E-state index is 14.2. The molecule has 16 heavy (non-hydrogen) atoms. The third-order valence-corrected chi connectivity index (χ3v) is 3.23. The van der Waals surface area contributed by atoms with Gasteiger partial charge in [-0.1, -0.05) is 19.8 Å². The second-order valence-corrected chi connectivity index (χ2v) is 4.40. The lowest BCUT2D eigenvalue weighted by molar-refractivity contribution is -0.157. The van der Waals surface area contributed by atoms with Crippen molar-refractivity contribution in [2.24, 2.45) is 0 Å². The average Bonchev–Trinajstić information content (AvgIpc) is 2.79. The van der Waals surface area contributed by atoms with E-state index < -0.39 is 11.6 Å². The zero-order chi connectivity index (χ0) is 12.0. The Balaban J connectivity index is 2.41. The molecule has 1 N–H and O–H groups in total. The number of esters is 1. The molecule has 1 saturated carbocycles. The van der Waals surface area contributed by atoms with E-state index in [9.17, 15) is 9.18 Å². The zero-order valence-corrected chi connectivity index (χ0v) is 10.2. The van der Waals surface area contributed by atoms with Gasteiger partial charge in [0.05, 0.1) is 6.61 Å². The minimum atomic E-state index is -1.86. The smallest absolute Gasteiger partial charge is 0.345 e. The number of ether oxygens (including phenoxy) is 1. The third kappa shape index (κ3) is 3.44. The number of rotatable bonds is 6. The first kappa shape index (κ1) is 13.4. The molecule has 1 aliphatic carbocycles. The van der Waals surface area contributed by atoms with Crippen LogP contribution in [0.3, 0.4) is 0 Å². The molecule has 94 valence electrons. The van der Waals surface area contributed by atoms with Crippen LogP contribution in [0.5, 0.6) is 0 Å². The Morgan fingerprint density at radius 2 is 2.06 bits per heavy atom. The molecular weight excluding hydrogens is 209 g/mol. The van der Waals surface area contributed by atoms with Gasteiger partial charge in [0.15, 0.2) is 0 Å². The van der Waals surface area contributed by atoms with E-state index in [0.717, 1.165) is 12.8 Å². The first-order valence-electron chi connectivity index (χ1n) is 6.22. The van der Waals surface area contributed by atoms with Crippen LogP contribution in [0.25, 0.3) is 0 Å². The van der Waals surface area contributed by atoms with Crippen LogP contribution in [0.15, 0.2) is 0 Å². The standard InChI is InChI=1S/C12H22FNO2/c1-3-12(13,11(15)16-4-2)9-14-10-7-5-6-8-10/h10,14H,3-9H2,1-2H3. The van der Waals surface area contributed by atoms with Gasteiger partial charge in [0.2, 0.25) is 5.67 Å². The Bertz CT molecular complexity index is 229. The number of carbonyl (C=O) groups is 1. The molecule has 0 aromatic rings. The van der Waals surface area contributed by atoms with Gasteiger partial charge in [-0.05, 0) is 26.2 Å². The lowest BCUT2D eigenvalue weighted by Crippen LogP contribution is -2.46. The van der Waals surface area contributed by atoms with Gasteiger partial charge in [-0.2, -0.15) is 0 Å². The van der Waals surface area contributed by atoms with E-state index in [-0.39, 0.29) is 19.6 Å². The molecule has 0 aromatic carbocycles. The van der Waals surface area contributed by atoms with Crippen molar-refractivity contribution in [2.75, 3.05) is 13.2 Å². The summed E-state index contributed by atoms with van der Waals surface area (Å²) in [6.07, 6.45) is 4.72. The van der Waals surface area contributed by atoms with Crippen LogP contribution in [0.2, 0.25) is 0 Å². The van der Waals surface area contributed by atoms with E-state index in [1.165, 1.54) is 12.8 Å². The van der Waals surface area contributed by atoms with E-state index in [2.05, 4.69) is 5.32 Å². The molecule has 0 bridgehead atoms. The summed E-state index contributed by atoms with van der Waals surface area (Å²) in [5.41, 5.74) is -1.86. The van der Waals surface area contributed by atoms with Crippen molar-refractivity contribution in [3.8, 4) is 0 Å². The lowest BCUT2D eigenvalue weighted by atomic mass is 10.0. The Morgan fingerprint density at radius 1 is 1.44 bits per heavy atom. The van der Waals surface area contributed by atoms with Crippen molar-refractivity contribution < 1.29 is 13.9 Å². The molecular formula is C12H22FNO2. The van der Waals surface area contributed by atoms with Crippen molar-refractivity contribution in [1.82, 2.24) is 5.32 Å². The van der Waals surface area contributed by atoms with Gasteiger partial charge >= 0.3 is 5.97 Å². The highest BCUT2D eigenvalue weighted by Gasteiger charge is 2.38. The van der Waals surface area contributed by atoms with Crippen LogP contribution in [0.1, 0.15) is 46.0 Å². The van der Waals surface area contributed by atoms with Crippen LogP contribution in [-0.2, 0) is 9.53 Å². The summed E-state index contributed by atoms with van der Waals surface area (Å²) in [7, 11) is 0. The zero-order valence-electron chi connectivity index (χ0n) is 10.2. The summed E-state index contributed by atoms with van der Waals surface area (Å²) in [6, 6.07) is 0.371. The van der Waals surface area contributed by atoms with Crippen molar-refractivity contribution in [1.29, 1.82) is 0 Å². The van der Waals surface area contributed by atoms with E-state index in [0.29, 0.717) is 6.04 Å². The summed E-state index contributed by atoms with van der Waals surface area (Å²) in [5, 5.41) is 3.14. The molecule has 0 saturated heterocycles. The van der Waals surface area contributed by atoms with Gasteiger partial charge in [0.25, 0.3) is 0 Å². The van der Waals surface area contributed by atoms with E-state index in [1.807, 2.05) is 0 Å². The SMILES string of the molecule is CCOC(=O)C(F)(CC)CNC1CCCC1. The van der Waals surface area contributed by atoms with Gasteiger partial charge in [-0.25, -0.2) is 9.18 Å². The summed E-state index contributed by atoms with van der Waals surface area (Å²) in [5.74, 6) is -0.733. The highest BCUT2D eigenvalue weighted by atomic mass is 19.1. The predicted molar refractivity (Wildman–Crippen MR) is 61.0 cm³/mol. The molecule has 3 nitrogen and oxygen atoms in total. The van der Waals surface area contributed by atoms with Crippen LogP contribution < -0.4 is 5.32 Å². The average molecular weight is 231 g/mol. The molecule has 0 aromatic heterocycles. The number of hydrogen-bond acceptors (Lipinski definition) is 3. The predicted octanol–water partition coefficient (Wildman–Crippen LogP) is 2.20. The molecule has 1 aliphatic rings. The molecule has 1 fully saturated rings. The van der Waals surface area contributed by atoms with Gasteiger partial charge < -0.3 is 10.1 Å². The van der Waals surface area contributed by atoms with E-state index in [1.54, 1.807) is 13.8 Å². The maximum Gasteiger partial charge on any atom is 0.345 e. The fourth-order valence-electron chi connectivity index (χ4n) is 2.04. The van der Waals surface area contributed by atoms with Crippen molar-refractivity contribution in [2.45, 2.75) is 57.7 Å². The Kier molecular flexibility index (Phi) is 5.19. The summed E-state index contributed by atoms with van der Waals surface area (Å²) >= 11 is 0. The fraction of sp³-hybridized carbons (Fsp3) is 0.917. The molecule has 1 unspecified atom stereocenters. The van der Waals surface area contributed by atoms with Crippen molar-refractivity contribution in [3.05, 3.63) is 0 Å². The quantitative estimate of drug-likeness (QED) is 0.712. The number of hydrogen-bond donors (Lipinski definition) is 1. The normalized spacial score (nSPS) is 20.7. The molecule has 0 aliphatic heterocycles. The number of nitrogens with one attached hydrogen (secondary N) is 1. The highest BCUT2D eigenvalue weighted by Crippen LogP contribution is 2.21. The number of alkyl halides is 1. The second kappa shape index (κ2) is 6.18. The summed E-state index contributed by atoms with van der Waals surface area (Å²) in [4.78, 5) is 11.5. The van der Waals surface area contributed by atoms with Crippen LogP contribution in [0.4, 0.5) is 4.39 Å². The first-order valence-corrected chi connectivity index (χ1v) is 6.22. The van der Waals surface area contributed by atoms with Crippen LogP contribution in [0, 0.1) is 0 Å². The van der Waals surface area contributed by atoms with Gasteiger partial charge in [-0.15, -0.1) is 0 Å². The molecule has 0 heterocycles. The van der Waals surface area contributed by atoms with Crippen LogP contribution >= 0.6 is 0 Å². The van der Waals surface area contributed by atoms with Gasteiger partial charge in [-0.3, -0.25) is 0 Å². The van der Waals surface area contributed by atoms with Crippen molar-refractivity contribution >= 4 is 5.97 Å². The molecule has 1 rings (SSSR count). The van der Waals surface area contributed by atoms with E-state index in [4.69, 9.17) is 4.74 Å². The highest BCUT2D eigenvalue weighted by molar-refractivity contribution is 5.79. The van der Waals surface area contributed by atoms with E-state index >= 15 is 0 Å². The molecule has 0 radical (unpaired) electrons. The van der Waals surface area contributed by atoms with Crippen molar-refractivity contribution in [3.63, 3.8) is 0 Å². The van der Waals surface area contributed by atoms with Gasteiger partial charge in [0, 0.05) is 12.6 Å². The Morgan fingerprint density at radius 3 is 2.56 bits per heavy atom. The Labute approximate surface area is 96.7 Å². The molecule has 1 atom stereocenters. The topological polar surface area (TPSA) is 38.3 Å².